The molecule has 0 radical (unpaired) electrons. The fourth-order valence-corrected chi connectivity index (χ4v) is 1.92. The number of carbonyl (C=O) groups excluding carboxylic acids is 1. The summed E-state index contributed by atoms with van der Waals surface area (Å²) in [4.78, 5) is 22.5. The fourth-order valence-electron chi connectivity index (χ4n) is 1.92. The minimum atomic E-state index is -1.20. The number of urea groups is 1. The fraction of sp³-hybridized carbons (Fsp3) is 0.231. The van der Waals surface area contributed by atoms with Gasteiger partial charge in [0, 0.05) is 5.56 Å². The maximum absolute atomic E-state index is 11.5. The largest absolute Gasteiger partial charge is 0.497 e. The molecule has 0 fully saturated rings. The first-order valence-corrected chi connectivity index (χ1v) is 5.79. The third-order valence-electron chi connectivity index (χ3n) is 2.87. The summed E-state index contributed by atoms with van der Waals surface area (Å²) in [7, 11) is 3.02. The number of ether oxygens (including phenoxy) is 2. The van der Waals surface area contributed by atoms with Crippen LogP contribution in [0.1, 0.15) is 11.6 Å². The summed E-state index contributed by atoms with van der Waals surface area (Å²) in [6, 6.07) is 3.90. The van der Waals surface area contributed by atoms with Crippen molar-refractivity contribution in [1.82, 2.24) is 10.6 Å². The Morgan fingerprint density at radius 3 is 2.65 bits per heavy atom. The van der Waals surface area contributed by atoms with Crippen LogP contribution < -0.4 is 20.1 Å². The Bertz CT molecular complexity index is 582. The monoisotopic (exact) mass is 278 g/mol. The summed E-state index contributed by atoms with van der Waals surface area (Å²) in [5.74, 6) is -0.0930. The van der Waals surface area contributed by atoms with E-state index in [4.69, 9.17) is 14.6 Å². The van der Waals surface area contributed by atoms with Crippen LogP contribution in [-0.4, -0.2) is 31.3 Å². The molecule has 1 heterocycles. The lowest BCUT2D eigenvalue weighted by Gasteiger charge is -2.24. The van der Waals surface area contributed by atoms with Crippen LogP contribution in [0.5, 0.6) is 11.5 Å². The molecule has 1 atom stereocenters. The van der Waals surface area contributed by atoms with Gasteiger partial charge in [-0.25, -0.2) is 9.59 Å². The number of hydrogen-bond acceptors (Lipinski definition) is 4. The van der Waals surface area contributed by atoms with Gasteiger partial charge in [0.25, 0.3) is 0 Å². The minimum absolute atomic E-state index is 0.177. The molecule has 0 saturated heterocycles. The van der Waals surface area contributed by atoms with Crippen LogP contribution in [0, 0.1) is 0 Å². The van der Waals surface area contributed by atoms with Crippen LogP contribution in [0.25, 0.3) is 0 Å². The average molecular weight is 278 g/mol. The first-order chi connectivity index (χ1) is 9.55. The van der Waals surface area contributed by atoms with E-state index in [2.05, 4.69) is 10.6 Å². The highest BCUT2D eigenvalue weighted by Gasteiger charge is 2.25. The van der Waals surface area contributed by atoms with Crippen LogP contribution >= 0.6 is 0 Å². The zero-order chi connectivity index (χ0) is 14.7. The summed E-state index contributed by atoms with van der Waals surface area (Å²) in [5, 5.41) is 13.8. The molecule has 2 amide bonds. The smallest absolute Gasteiger partial charge is 0.352 e. The lowest BCUT2D eigenvalue weighted by Crippen LogP contribution is -2.43. The second kappa shape index (κ2) is 5.52. The van der Waals surface area contributed by atoms with Crippen molar-refractivity contribution in [2.75, 3.05) is 14.2 Å². The van der Waals surface area contributed by atoms with Crippen molar-refractivity contribution in [3.63, 3.8) is 0 Å². The van der Waals surface area contributed by atoms with E-state index in [9.17, 15) is 9.59 Å². The Hall–Kier alpha value is -2.70. The van der Waals surface area contributed by atoms with Gasteiger partial charge in [-0.05, 0) is 24.3 Å². The average Bonchev–Trinajstić information content (AvgIpc) is 2.45. The van der Waals surface area contributed by atoms with E-state index < -0.39 is 18.0 Å². The predicted octanol–water partition coefficient (Wildman–Crippen LogP) is 1.03. The first-order valence-electron chi connectivity index (χ1n) is 5.79. The number of amides is 2. The van der Waals surface area contributed by atoms with Crippen molar-refractivity contribution in [3.8, 4) is 11.5 Å². The molecular weight excluding hydrogens is 264 g/mol. The molecule has 1 aromatic carbocycles. The van der Waals surface area contributed by atoms with Gasteiger partial charge in [0.05, 0.1) is 20.3 Å². The summed E-state index contributed by atoms with van der Waals surface area (Å²) in [5.41, 5.74) is 0.434. The molecule has 1 aliphatic heterocycles. The molecule has 20 heavy (non-hydrogen) atoms. The summed E-state index contributed by atoms with van der Waals surface area (Å²) >= 11 is 0. The maximum atomic E-state index is 11.5. The molecule has 0 saturated carbocycles. The molecule has 0 aromatic heterocycles. The molecule has 1 aromatic rings. The zero-order valence-electron chi connectivity index (χ0n) is 11.0. The van der Waals surface area contributed by atoms with Crippen LogP contribution in [0.3, 0.4) is 0 Å². The number of carboxylic acids is 1. The van der Waals surface area contributed by atoms with Crippen molar-refractivity contribution < 1.29 is 24.2 Å². The molecule has 3 N–H and O–H groups in total. The third-order valence-corrected chi connectivity index (χ3v) is 2.87. The van der Waals surface area contributed by atoms with Gasteiger partial charge in [-0.3, -0.25) is 0 Å². The Morgan fingerprint density at radius 2 is 2.05 bits per heavy atom. The van der Waals surface area contributed by atoms with Crippen molar-refractivity contribution in [3.05, 3.63) is 35.5 Å². The van der Waals surface area contributed by atoms with Crippen molar-refractivity contribution >= 4 is 12.0 Å². The van der Waals surface area contributed by atoms with Gasteiger partial charge < -0.3 is 25.2 Å². The SMILES string of the molecule is COc1ccc(OC)c([C@@H]2C=C(C(=O)O)NC(=O)N2)c1. The van der Waals surface area contributed by atoms with E-state index in [1.807, 2.05) is 0 Å². The number of carboxylic acid groups (broad SMARTS) is 1. The number of nitrogens with one attached hydrogen (secondary N) is 2. The normalized spacial score (nSPS) is 17.6. The molecule has 0 aliphatic carbocycles. The van der Waals surface area contributed by atoms with Gasteiger partial charge in [-0.2, -0.15) is 0 Å². The Morgan fingerprint density at radius 1 is 1.30 bits per heavy atom. The molecule has 2 rings (SSSR count). The second-order valence-electron chi connectivity index (χ2n) is 4.07. The number of carbonyl (C=O) groups is 2. The highest BCUT2D eigenvalue weighted by atomic mass is 16.5. The van der Waals surface area contributed by atoms with Gasteiger partial charge in [0.2, 0.25) is 0 Å². The second-order valence-corrected chi connectivity index (χ2v) is 4.07. The van der Waals surface area contributed by atoms with E-state index in [-0.39, 0.29) is 5.70 Å². The van der Waals surface area contributed by atoms with Crippen molar-refractivity contribution in [2.24, 2.45) is 0 Å². The topological polar surface area (TPSA) is 96.9 Å². The minimum Gasteiger partial charge on any atom is -0.497 e. The highest BCUT2D eigenvalue weighted by molar-refractivity contribution is 5.93. The van der Waals surface area contributed by atoms with Crippen LogP contribution in [0.4, 0.5) is 4.79 Å². The van der Waals surface area contributed by atoms with Crippen molar-refractivity contribution in [2.45, 2.75) is 6.04 Å². The summed E-state index contributed by atoms with van der Waals surface area (Å²) < 4.78 is 10.4. The summed E-state index contributed by atoms with van der Waals surface area (Å²) in [6.45, 7) is 0. The summed E-state index contributed by atoms with van der Waals surface area (Å²) in [6.07, 6.45) is 1.40. The molecule has 106 valence electrons. The molecule has 7 heteroatoms. The number of aliphatic carboxylic acids is 1. The van der Waals surface area contributed by atoms with Gasteiger partial charge in [0.1, 0.15) is 17.2 Å². The molecule has 0 bridgehead atoms. The first kappa shape index (κ1) is 13.7. The predicted molar refractivity (Wildman–Crippen MR) is 69.7 cm³/mol. The number of methoxy groups -OCH3 is 2. The van der Waals surface area contributed by atoms with Crippen LogP contribution in [-0.2, 0) is 4.79 Å². The van der Waals surface area contributed by atoms with E-state index >= 15 is 0 Å². The van der Waals surface area contributed by atoms with Gasteiger partial charge in [-0.1, -0.05) is 0 Å². The lowest BCUT2D eigenvalue weighted by atomic mass is 10.0. The van der Waals surface area contributed by atoms with Crippen molar-refractivity contribution in [1.29, 1.82) is 0 Å². The standard InChI is InChI=1S/C13H14N2O5/c1-19-7-3-4-11(20-2)8(5-7)9-6-10(12(16)17)15-13(18)14-9/h3-6,9H,1-2H3,(H,16,17)(H2,14,15,18)/t9-/m0/s1. The number of rotatable bonds is 4. The molecule has 0 spiro atoms. The van der Waals surface area contributed by atoms with Gasteiger partial charge in [0.15, 0.2) is 0 Å². The Labute approximate surface area is 115 Å². The molecule has 1 aliphatic rings. The number of benzene rings is 1. The lowest BCUT2D eigenvalue weighted by molar-refractivity contribution is -0.133. The van der Waals surface area contributed by atoms with E-state index in [0.717, 1.165) is 0 Å². The van der Waals surface area contributed by atoms with E-state index in [0.29, 0.717) is 17.1 Å². The van der Waals surface area contributed by atoms with Crippen LogP contribution in [0.2, 0.25) is 0 Å². The third kappa shape index (κ3) is 2.66. The van der Waals surface area contributed by atoms with E-state index in [1.165, 1.54) is 20.3 Å². The highest BCUT2D eigenvalue weighted by Crippen LogP contribution is 2.31. The Kier molecular flexibility index (Phi) is 3.79. The van der Waals surface area contributed by atoms with E-state index in [1.54, 1.807) is 18.2 Å². The van der Waals surface area contributed by atoms with Gasteiger partial charge >= 0.3 is 12.0 Å². The number of hydrogen-bond donors (Lipinski definition) is 3. The molecule has 7 nitrogen and oxygen atoms in total. The van der Waals surface area contributed by atoms with Gasteiger partial charge in [-0.15, -0.1) is 0 Å². The Balaban J connectivity index is 2.46. The quantitative estimate of drug-likeness (QED) is 0.764. The maximum Gasteiger partial charge on any atom is 0.352 e. The molecular formula is C13H14N2O5. The molecule has 0 unspecified atom stereocenters. The van der Waals surface area contributed by atoms with Crippen LogP contribution in [0.15, 0.2) is 30.0 Å². The zero-order valence-corrected chi connectivity index (χ0v) is 11.0.